The maximum Gasteiger partial charge on any atom is 0.133 e. The van der Waals surface area contributed by atoms with Crippen molar-refractivity contribution in [1.29, 1.82) is 0 Å². The Morgan fingerprint density at radius 3 is 2.53 bits per heavy atom. The molecule has 2 aromatic carbocycles. The van der Waals surface area contributed by atoms with E-state index in [1.807, 2.05) is 0 Å². The van der Waals surface area contributed by atoms with E-state index in [4.69, 9.17) is 0 Å². The smallest absolute Gasteiger partial charge is 0.133 e. The van der Waals surface area contributed by atoms with Gasteiger partial charge in [0.1, 0.15) is 17.5 Å². The fraction of sp³-hybridized carbons (Fsp3) is 0.200. The summed E-state index contributed by atoms with van der Waals surface area (Å²) in [6.45, 7) is 1.58. The summed E-state index contributed by atoms with van der Waals surface area (Å²) in [6, 6.07) is 8.64. The predicted molar refractivity (Wildman–Crippen MR) is 72.9 cm³/mol. The van der Waals surface area contributed by atoms with Crippen LogP contribution in [0.2, 0.25) is 0 Å². The molecule has 4 heteroatoms. The molecule has 0 N–H and O–H groups in total. The first kappa shape index (κ1) is 14.1. The Morgan fingerprint density at radius 1 is 1.11 bits per heavy atom. The van der Waals surface area contributed by atoms with Gasteiger partial charge in [-0.05, 0) is 42.7 Å². The SMILES string of the molecule is Cc1ccc(F)c(C(Br)Cc2cccc(F)c2)c1F. The van der Waals surface area contributed by atoms with Gasteiger partial charge in [-0.3, -0.25) is 0 Å². The van der Waals surface area contributed by atoms with Crippen LogP contribution in [0.15, 0.2) is 36.4 Å². The summed E-state index contributed by atoms with van der Waals surface area (Å²) in [5, 5.41) is 0. The Hall–Kier alpha value is -1.29. The molecule has 19 heavy (non-hydrogen) atoms. The number of alkyl halides is 1. The summed E-state index contributed by atoms with van der Waals surface area (Å²) >= 11 is 3.28. The van der Waals surface area contributed by atoms with E-state index in [-0.39, 0.29) is 11.4 Å². The highest BCUT2D eigenvalue weighted by Crippen LogP contribution is 2.32. The molecular formula is C15H12BrF3. The number of aryl methyl sites for hydroxylation is 1. The Labute approximate surface area is 118 Å². The molecule has 0 aliphatic carbocycles. The van der Waals surface area contributed by atoms with E-state index in [2.05, 4.69) is 15.9 Å². The first-order chi connectivity index (χ1) is 8.99. The lowest BCUT2D eigenvalue weighted by Gasteiger charge is -2.14. The van der Waals surface area contributed by atoms with Gasteiger partial charge in [-0.25, -0.2) is 13.2 Å². The van der Waals surface area contributed by atoms with E-state index in [0.29, 0.717) is 17.5 Å². The van der Waals surface area contributed by atoms with Crippen LogP contribution in [0.25, 0.3) is 0 Å². The third-order valence-corrected chi connectivity index (χ3v) is 3.72. The molecule has 0 spiro atoms. The molecule has 100 valence electrons. The quantitative estimate of drug-likeness (QED) is 0.688. The molecule has 0 aliphatic rings. The second-order valence-electron chi connectivity index (χ2n) is 4.39. The summed E-state index contributed by atoms with van der Waals surface area (Å²) < 4.78 is 40.7. The number of halogens is 4. The first-order valence-corrected chi connectivity index (χ1v) is 6.73. The van der Waals surface area contributed by atoms with E-state index in [0.717, 1.165) is 0 Å². The van der Waals surface area contributed by atoms with E-state index >= 15 is 0 Å². The Kier molecular flexibility index (Phi) is 4.30. The molecule has 0 saturated carbocycles. The monoisotopic (exact) mass is 328 g/mol. The van der Waals surface area contributed by atoms with Gasteiger partial charge in [0.05, 0.1) is 0 Å². The van der Waals surface area contributed by atoms with Gasteiger partial charge >= 0.3 is 0 Å². The molecule has 0 aromatic heterocycles. The third-order valence-electron chi connectivity index (χ3n) is 2.94. The van der Waals surface area contributed by atoms with Gasteiger partial charge in [0, 0.05) is 10.4 Å². The van der Waals surface area contributed by atoms with Crippen molar-refractivity contribution in [3.8, 4) is 0 Å². The fourth-order valence-corrected chi connectivity index (χ4v) is 2.73. The van der Waals surface area contributed by atoms with Crippen molar-refractivity contribution in [3.63, 3.8) is 0 Å². The van der Waals surface area contributed by atoms with Crippen LogP contribution in [-0.4, -0.2) is 0 Å². The van der Waals surface area contributed by atoms with Crippen LogP contribution in [0.4, 0.5) is 13.2 Å². The second-order valence-corrected chi connectivity index (χ2v) is 5.50. The molecule has 0 nitrogen and oxygen atoms in total. The Bertz CT molecular complexity index is 596. The minimum Gasteiger partial charge on any atom is -0.207 e. The van der Waals surface area contributed by atoms with Crippen molar-refractivity contribution < 1.29 is 13.2 Å². The highest BCUT2D eigenvalue weighted by Gasteiger charge is 2.19. The molecule has 2 rings (SSSR count). The molecule has 0 aliphatic heterocycles. The van der Waals surface area contributed by atoms with Crippen molar-refractivity contribution in [2.75, 3.05) is 0 Å². The van der Waals surface area contributed by atoms with Gasteiger partial charge < -0.3 is 0 Å². The van der Waals surface area contributed by atoms with Crippen LogP contribution in [0.3, 0.4) is 0 Å². The van der Waals surface area contributed by atoms with Gasteiger partial charge in [0.2, 0.25) is 0 Å². The molecule has 0 heterocycles. The highest BCUT2D eigenvalue weighted by molar-refractivity contribution is 9.09. The normalized spacial score (nSPS) is 12.5. The lowest BCUT2D eigenvalue weighted by atomic mass is 10.0. The number of hydrogen-bond acceptors (Lipinski definition) is 0. The summed E-state index contributed by atoms with van der Waals surface area (Å²) in [7, 11) is 0. The highest BCUT2D eigenvalue weighted by atomic mass is 79.9. The molecule has 0 bridgehead atoms. The van der Waals surface area contributed by atoms with Crippen LogP contribution in [0.5, 0.6) is 0 Å². The zero-order valence-electron chi connectivity index (χ0n) is 10.3. The zero-order valence-corrected chi connectivity index (χ0v) is 11.8. The number of rotatable bonds is 3. The van der Waals surface area contributed by atoms with Crippen molar-refractivity contribution in [1.82, 2.24) is 0 Å². The van der Waals surface area contributed by atoms with Gasteiger partial charge in [0.15, 0.2) is 0 Å². The standard InChI is InChI=1S/C15H12BrF3/c1-9-5-6-13(18)14(15(9)19)12(16)8-10-3-2-4-11(17)7-10/h2-7,12H,8H2,1H3. The summed E-state index contributed by atoms with van der Waals surface area (Å²) in [6.07, 6.45) is 0.315. The van der Waals surface area contributed by atoms with Crippen LogP contribution in [0, 0.1) is 24.4 Å². The molecule has 1 atom stereocenters. The van der Waals surface area contributed by atoms with Gasteiger partial charge in [-0.15, -0.1) is 0 Å². The maximum absolute atomic E-state index is 14.0. The zero-order chi connectivity index (χ0) is 14.0. The lowest BCUT2D eigenvalue weighted by Crippen LogP contribution is -2.04. The topological polar surface area (TPSA) is 0 Å². The van der Waals surface area contributed by atoms with Gasteiger partial charge in [-0.2, -0.15) is 0 Å². The Balaban J connectivity index is 2.30. The van der Waals surface area contributed by atoms with Gasteiger partial charge in [0.25, 0.3) is 0 Å². The summed E-state index contributed by atoms with van der Waals surface area (Å²) in [5.74, 6) is -1.51. The van der Waals surface area contributed by atoms with Crippen LogP contribution in [-0.2, 0) is 6.42 Å². The van der Waals surface area contributed by atoms with Gasteiger partial charge in [-0.1, -0.05) is 34.1 Å². The van der Waals surface area contributed by atoms with Crippen molar-refractivity contribution in [2.24, 2.45) is 0 Å². The van der Waals surface area contributed by atoms with Crippen molar-refractivity contribution in [2.45, 2.75) is 18.2 Å². The van der Waals surface area contributed by atoms with E-state index in [1.54, 1.807) is 19.1 Å². The third kappa shape index (κ3) is 3.18. The van der Waals surface area contributed by atoms with E-state index in [9.17, 15) is 13.2 Å². The molecule has 1 unspecified atom stereocenters. The number of hydrogen-bond donors (Lipinski definition) is 0. The molecule has 0 fully saturated rings. The van der Waals surface area contributed by atoms with E-state index < -0.39 is 16.5 Å². The minimum absolute atomic E-state index is 0.00994. The largest absolute Gasteiger partial charge is 0.207 e. The molecule has 0 saturated heterocycles. The van der Waals surface area contributed by atoms with Crippen LogP contribution >= 0.6 is 15.9 Å². The second kappa shape index (κ2) is 5.78. The first-order valence-electron chi connectivity index (χ1n) is 5.82. The molecule has 0 radical (unpaired) electrons. The average Bonchev–Trinajstić information content (AvgIpc) is 2.34. The van der Waals surface area contributed by atoms with Crippen molar-refractivity contribution in [3.05, 3.63) is 70.5 Å². The van der Waals surface area contributed by atoms with Crippen LogP contribution < -0.4 is 0 Å². The molecule has 0 amide bonds. The Morgan fingerprint density at radius 2 is 1.84 bits per heavy atom. The minimum atomic E-state index is -0.596. The van der Waals surface area contributed by atoms with Crippen LogP contribution in [0.1, 0.15) is 21.5 Å². The van der Waals surface area contributed by atoms with Crippen molar-refractivity contribution >= 4 is 15.9 Å². The summed E-state index contributed by atoms with van der Waals surface area (Å²) in [4.78, 5) is -0.533. The summed E-state index contributed by atoms with van der Waals surface area (Å²) in [5.41, 5.74) is 1.06. The number of benzene rings is 2. The molecule has 2 aromatic rings. The molecular weight excluding hydrogens is 317 g/mol. The predicted octanol–water partition coefficient (Wildman–Crippen LogP) is 5.09. The fourth-order valence-electron chi connectivity index (χ4n) is 1.94. The average molecular weight is 329 g/mol. The van der Waals surface area contributed by atoms with E-state index in [1.165, 1.54) is 24.3 Å². The maximum atomic E-state index is 14.0. The lowest BCUT2D eigenvalue weighted by molar-refractivity contribution is 0.548.